The summed E-state index contributed by atoms with van der Waals surface area (Å²) in [6, 6.07) is 20.6. The van der Waals surface area contributed by atoms with Crippen LogP contribution >= 0.6 is 0 Å². The van der Waals surface area contributed by atoms with E-state index in [-0.39, 0.29) is 38.1 Å². The maximum Gasteiger partial charge on any atom is 0.339 e. The maximum absolute atomic E-state index is 13.0. The van der Waals surface area contributed by atoms with Gasteiger partial charge in [-0.25, -0.2) is 0 Å². The van der Waals surface area contributed by atoms with Crippen LogP contribution in [0.4, 0.5) is 0 Å². The van der Waals surface area contributed by atoms with Crippen LogP contribution in [0.25, 0.3) is 11.1 Å². The largest absolute Gasteiger partial charge is 0.497 e. The zero-order chi connectivity index (χ0) is 27.8. The highest BCUT2D eigenvalue weighted by Gasteiger charge is 2.30. The lowest BCUT2D eigenvalue weighted by molar-refractivity contribution is 0.320. The Hall–Kier alpha value is -4.55. The topological polar surface area (TPSA) is 138 Å². The molecule has 0 saturated carbocycles. The molecule has 1 N–H and O–H groups in total. The molecule has 0 atom stereocenters. The number of hydrogen-bond donors (Lipinski definition) is 1. The van der Waals surface area contributed by atoms with E-state index >= 15 is 0 Å². The highest BCUT2D eigenvalue weighted by Crippen LogP contribution is 2.40. The molecular formula is C27H21NO9S2. The zero-order valence-electron chi connectivity index (χ0n) is 20.6. The molecule has 0 bridgehead atoms. The van der Waals surface area contributed by atoms with Crippen molar-refractivity contribution in [1.29, 1.82) is 0 Å². The summed E-state index contributed by atoms with van der Waals surface area (Å²) in [5.74, 6) is 1.10. The highest BCUT2D eigenvalue weighted by molar-refractivity contribution is 7.87. The fraction of sp³-hybridized carbons (Fsp3) is 0.0741. The van der Waals surface area contributed by atoms with E-state index in [1.807, 2.05) is 0 Å². The normalized spacial score (nSPS) is 13.4. The van der Waals surface area contributed by atoms with Crippen molar-refractivity contribution >= 4 is 25.9 Å². The summed E-state index contributed by atoms with van der Waals surface area (Å²) in [6.07, 6.45) is 0. The Labute approximate surface area is 224 Å². The summed E-state index contributed by atoms with van der Waals surface area (Å²) < 4.78 is 72.6. The second-order valence-electron chi connectivity index (χ2n) is 8.29. The van der Waals surface area contributed by atoms with E-state index in [1.54, 1.807) is 24.3 Å². The molecule has 1 aliphatic carbocycles. The van der Waals surface area contributed by atoms with E-state index in [0.717, 1.165) is 0 Å². The van der Waals surface area contributed by atoms with Gasteiger partial charge < -0.3 is 23.0 Å². The van der Waals surface area contributed by atoms with Gasteiger partial charge in [-0.15, -0.1) is 0 Å². The van der Waals surface area contributed by atoms with E-state index in [1.165, 1.54) is 74.9 Å². The summed E-state index contributed by atoms with van der Waals surface area (Å²) >= 11 is 0. The molecule has 4 aromatic carbocycles. The smallest absolute Gasteiger partial charge is 0.339 e. The predicted molar refractivity (Wildman–Crippen MR) is 141 cm³/mol. The van der Waals surface area contributed by atoms with Crippen molar-refractivity contribution in [2.45, 2.75) is 9.79 Å². The zero-order valence-corrected chi connectivity index (χ0v) is 22.2. The van der Waals surface area contributed by atoms with Crippen LogP contribution in [0.5, 0.6) is 23.0 Å². The molecule has 39 heavy (non-hydrogen) atoms. The minimum Gasteiger partial charge on any atom is -0.497 e. The van der Waals surface area contributed by atoms with Crippen molar-refractivity contribution in [3.05, 3.63) is 96.1 Å². The van der Waals surface area contributed by atoms with Crippen molar-refractivity contribution < 1.29 is 39.9 Å². The summed E-state index contributed by atoms with van der Waals surface area (Å²) in [7, 11) is -5.58. The molecule has 0 unspecified atom stereocenters. The van der Waals surface area contributed by atoms with Crippen LogP contribution in [0.1, 0.15) is 11.1 Å². The van der Waals surface area contributed by atoms with Gasteiger partial charge in [-0.05, 0) is 71.8 Å². The van der Waals surface area contributed by atoms with Crippen LogP contribution in [0.2, 0.25) is 0 Å². The van der Waals surface area contributed by atoms with Crippen LogP contribution < -0.4 is 17.8 Å². The molecule has 0 heterocycles. The molecular weight excluding hydrogens is 546 g/mol. The molecule has 1 aliphatic rings. The number of fused-ring (bicyclic) bond motifs is 3. The first kappa shape index (κ1) is 26.1. The van der Waals surface area contributed by atoms with Gasteiger partial charge in [-0.3, -0.25) is 0 Å². The molecule has 0 aromatic heterocycles. The Morgan fingerprint density at radius 3 is 1.56 bits per heavy atom. The first-order valence-corrected chi connectivity index (χ1v) is 14.2. The molecule has 12 heteroatoms. The summed E-state index contributed by atoms with van der Waals surface area (Å²) in [5, 5.41) is 13.2. The molecule has 0 fully saturated rings. The van der Waals surface area contributed by atoms with E-state index in [4.69, 9.17) is 17.8 Å². The molecule has 0 radical (unpaired) electrons. The molecule has 0 spiro atoms. The summed E-state index contributed by atoms with van der Waals surface area (Å²) in [6.45, 7) is 0. The van der Waals surface area contributed by atoms with E-state index in [0.29, 0.717) is 22.6 Å². The van der Waals surface area contributed by atoms with Crippen molar-refractivity contribution in [1.82, 2.24) is 0 Å². The lowest BCUT2D eigenvalue weighted by Gasteiger charge is -2.09. The van der Waals surface area contributed by atoms with Crippen LogP contribution in [0.3, 0.4) is 0 Å². The second-order valence-corrected chi connectivity index (χ2v) is 11.4. The Kier molecular flexibility index (Phi) is 6.66. The molecule has 4 aromatic rings. The molecule has 5 rings (SSSR count). The van der Waals surface area contributed by atoms with Crippen molar-refractivity contribution in [2.75, 3.05) is 14.2 Å². The van der Waals surface area contributed by atoms with Gasteiger partial charge in [0.25, 0.3) is 0 Å². The number of oxime groups is 1. The minimum absolute atomic E-state index is 0.0000668. The number of methoxy groups -OCH3 is 2. The third-order valence-corrected chi connectivity index (χ3v) is 8.46. The first-order chi connectivity index (χ1) is 18.6. The Morgan fingerprint density at radius 1 is 0.564 bits per heavy atom. The highest BCUT2D eigenvalue weighted by atomic mass is 32.2. The Morgan fingerprint density at radius 2 is 1.05 bits per heavy atom. The monoisotopic (exact) mass is 567 g/mol. The molecule has 0 saturated heterocycles. The second kappa shape index (κ2) is 9.97. The van der Waals surface area contributed by atoms with Crippen LogP contribution in [0.15, 0.2) is 99.9 Å². The number of ether oxygens (including phenoxy) is 2. The average molecular weight is 568 g/mol. The molecule has 0 amide bonds. The third-order valence-electron chi connectivity index (χ3n) is 5.97. The van der Waals surface area contributed by atoms with Gasteiger partial charge in [0.15, 0.2) is 0 Å². The number of benzene rings is 4. The quantitative estimate of drug-likeness (QED) is 0.164. The van der Waals surface area contributed by atoms with E-state index in [9.17, 15) is 22.0 Å². The SMILES string of the molecule is COc1ccc(OS(=O)(=O)c2ccc3c(c2)C(=NO)c2cc(S(=O)(=O)Oc4cccc(OC)c4)ccc2-3)cc1. The van der Waals surface area contributed by atoms with Gasteiger partial charge in [-0.1, -0.05) is 23.4 Å². The molecule has 200 valence electrons. The third kappa shape index (κ3) is 4.99. The van der Waals surface area contributed by atoms with Crippen molar-refractivity contribution in [2.24, 2.45) is 5.16 Å². The first-order valence-electron chi connectivity index (χ1n) is 11.3. The van der Waals surface area contributed by atoms with Crippen LogP contribution in [0, 0.1) is 0 Å². The van der Waals surface area contributed by atoms with Crippen molar-refractivity contribution in [3.63, 3.8) is 0 Å². The average Bonchev–Trinajstić information content (AvgIpc) is 3.25. The van der Waals surface area contributed by atoms with Gasteiger partial charge in [0.1, 0.15) is 38.5 Å². The maximum atomic E-state index is 13.0. The van der Waals surface area contributed by atoms with Crippen LogP contribution in [-0.4, -0.2) is 42.0 Å². The Bertz CT molecular complexity index is 1810. The van der Waals surface area contributed by atoms with Gasteiger partial charge in [0.05, 0.1) is 14.2 Å². The standard InChI is InChI=1S/C27H21NO9S2/c1-34-17-6-8-18(9-7-17)36-38(30,31)21-10-12-23-24-13-11-22(16-26(24)27(28-29)25(23)15-21)39(32,33)37-20-5-3-4-19(14-20)35-2/h3-16,29H,1-2H3. The van der Waals surface area contributed by atoms with Gasteiger partial charge >= 0.3 is 20.2 Å². The number of hydrogen-bond acceptors (Lipinski definition) is 10. The summed E-state index contributed by atoms with van der Waals surface area (Å²) in [4.78, 5) is -0.367. The van der Waals surface area contributed by atoms with Gasteiger partial charge in [0, 0.05) is 17.2 Å². The van der Waals surface area contributed by atoms with E-state index in [2.05, 4.69) is 5.16 Å². The Balaban J connectivity index is 1.46. The van der Waals surface area contributed by atoms with Gasteiger partial charge in [0.2, 0.25) is 0 Å². The van der Waals surface area contributed by atoms with Crippen molar-refractivity contribution in [3.8, 4) is 34.1 Å². The lowest BCUT2D eigenvalue weighted by atomic mass is 10.1. The number of rotatable bonds is 8. The predicted octanol–water partition coefficient (Wildman–Crippen LogP) is 4.45. The lowest BCUT2D eigenvalue weighted by Crippen LogP contribution is -2.11. The fourth-order valence-corrected chi connectivity index (χ4v) is 6.01. The van der Waals surface area contributed by atoms with E-state index < -0.39 is 20.2 Å². The molecule has 10 nitrogen and oxygen atoms in total. The molecule has 0 aliphatic heterocycles. The fourth-order valence-electron chi connectivity index (χ4n) is 4.11. The summed E-state index contributed by atoms with van der Waals surface area (Å²) in [5.41, 5.74) is 1.68. The van der Waals surface area contributed by atoms with Crippen LogP contribution in [-0.2, 0) is 20.2 Å². The minimum atomic E-state index is -4.27. The van der Waals surface area contributed by atoms with Gasteiger partial charge in [-0.2, -0.15) is 16.8 Å². The number of nitrogens with zero attached hydrogens (tertiary/aromatic N) is 1.